The number of nitrogens with zero attached hydrogens (tertiary/aromatic N) is 3. The molecule has 0 amide bonds. The molecule has 0 radical (unpaired) electrons. The van der Waals surface area contributed by atoms with Gasteiger partial charge in [-0.2, -0.15) is 0 Å². The van der Waals surface area contributed by atoms with Gasteiger partial charge < -0.3 is 0 Å². The van der Waals surface area contributed by atoms with Gasteiger partial charge in [0, 0.05) is 18.0 Å². The van der Waals surface area contributed by atoms with E-state index in [1.54, 1.807) is 18.6 Å². The molecule has 1 aromatic heterocycles. The average molecular weight is 175 g/mol. The van der Waals surface area contributed by atoms with Crippen LogP contribution in [-0.2, 0) is 0 Å². The van der Waals surface area contributed by atoms with E-state index in [1.165, 1.54) is 0 Å². The van der Waals surface area contributed by atoms with Crippen LogP contribution >= 0.6 is 12.2 Å². The van der Waals surface area contributed by atoms with Crippen molar-refractivity contribution in [2.24, 2.45) is 9.98 Å². The Morgan fingerprint density at radius 1 is 1.17 bits per heavy atom. The van der Waals surface area contributed by atoms with Crippen molar-refractivity contribution in [1.82, 2.24) is 4.98 Å². The van der Waals surface area contributed by atoms with Crippen LogP contribution < -0.4 is 0 Å². The summed E-state index contributed by atoms with van der Waals surface area (Å²) in [6.07, 6.45) is 5.10. The van der Waals surface area contributed by atoms with Crippen LogP contribution in [0.25, 0.3) is 0 Å². The summed E-state index contributed by atoms with van der Waals surface area (Å²) < 4.78 is 0. The van der Waals surface area contributed by atoms with Crippen LogP contribution in [0.1, 0.15) is 5.56 Å². The van der Waals surface area contributed by atoms with Gasteiger partial charge in [0.15, 0.2) is 0 Å². The zero-order chi connectivity index (χ0) is 8.39. The second-order valence-corrected chi connectivity index (χ2v) is 2.64. The molecular weight excluding hydrogens is 170 g/mol. The van der Waals surface area contributed by atoms with E-state index in [0.29, 0.717) is 5.11 Å². The molecule has 0 atom stereocenters. The highest BCUT2D eigenvalue weighted by Gasteiger charge is 2.06. The zero-order valence-corrected chi connectivity index (χ0v) is 6.95. The first-order valence-corrected chi connectivity index (χ1v) is 3.84. The Balaban J connectivity index is 2.40. The molecule has 1 aliphatic heterocycles. The van der Waals surface area contributed by atoms with Gasteiger partial charge in [-0.15, -0.1) is 0 Å². The van der Waals surface area contributed by atoms with Crippen LogP contribution in [0.5, 0.6) is 0 Å². The standard InChI is InChI=1S/C8H5N3S/c12-8-10-5-7(11-8)6-1-3-9-4-2-6/h1-5H. The van der Waals surface area contributed by atoms with Crippen molar-refractivity contribution in [3.8, 4) is 0 Å². The number of hydrogen-bond donors (Lipinski definition) is 0. The zero-order valence-electron chi connectivity index (χ0n) is 6.14. The van der Waals surface area contributed by atoms with E-state index >= 15 is 0 Å². The molecule has 0 bridgehead atoms. The van der Waals surface area contributed by atoms with Gasteiger partial charge in [0.05, 0.1) is 11.9 Å². The van der Waals surface area contributed by atoms with Gasteiger partial charge in [0.2, 0.25) is 5.11 Å². The lowest BCUT2D eigenvalue weighted by Crippen LogP contribution is -1.98. The maximum absolute atomic E-state index is 4.80. The van der Waals surface area contributed by atoms with Crippen molar-refractivity contribution < 1.29 is 0 Å². The fourth-order valence-corrected chi connectivity index (χ4v) is 1.09. The lowest BCUT2D eigenvalue weighted by atomic mass is 10.2. The number of aromatic nitrogens is 1. The minimum Gasteiger partial charge on any atom is -0.265 e. The Kier molecular flexibility index (Phi) is 1.75. The van der Waals surface area contributed by atoms with E-state index in [0.717, 1.165) is 11.3 Å². The molecular formula is C8H5N3S. The first-order valence-electron chi connectivity index (χ1n) is 3.43. The van der Waals surface area contributed by atoms with E-state index < -0.39 is 0 Å². The van der Waals surface area contributed by atoms with Gasteiger partial charge in [-0.25, -0.2) is 9.98 Å². The monoisotopic (exact) mass is 175 g/mol. The predicted octanol–water partition coefficient (Wildman–Crippen LogP) is 1.24. The molecule has 0 unspecified atom stereocenters. The largest absolute Gasteiger partial charge is 0.265 e. The van der Waals surface area contributed by atoms with Gasteiger partial charge in [-0.1, -0.05) is 0 Å². The summed E-state index contributed by atoms with van der Waals surface area (Å²) in [5.41, 5.74) is 1.80. The molecule has 2 rings (SSSR count). The summed E-state index contributed by atoms with van der Waals surface area (Å²) in [4.78, 5) is 11.8. The van der Waals surface area contributed by atoms with E-state index in [-0.39, 0.29) is 0 Å². The van der Waals surface area contributed by atoms with Crippen LogP contribution in [0.4, 0.5) is 0 Å². The first-order chi connectivity index (χ1) is 5.86. The normalized spacial score (nSPS) is 15.0. The highest BCUT2D eigenvalue weighted by molar-refractivity contribution is 7.80. The molecule has 0 fully saturated rings. The summed E-state index contributed by atoms with van der Waals surface area (Å²) in [6, 6.07) is 3.75. The number of hydrogen-bond acceptors (Lipinski definition) is 2. The Labute approximate surface area is 74.9 Å². The van der Waals surface area contributed by atoms with Crippen molar-refractivity contribution in [2.45, 2.75) is 0 Å². The molecule has 0 spiro atoms. The van der Waals surface area contributed by atoms with Crippen molar-refractivity contribution in [3.05, 3.63) is 30.1 Å². The van der Waals surface area contributed by atoms with E-state index in [2.05, 4.69) is 15.0 Å². The number of thiocarbonyl (C=S) groups is 1. The third-order valence-corrected chi connectivity index (χ3v) is 1.69. The maximum atomic E-state index is 4.80. The van der Waals surface area contributed by atoms with E-state index in [1.807, 2.05) is 12.1 Å². The Bertz CT molecular complexity index is 367. The summed E-state index contributed by atoms with van der Waals surface area (Å²) in [5.74, 6) is 0. The minimum atomic E-state index is 0.391. The van der Waals surface area contributed by atoms with Gasteiger partial charge >= 0.3 is 0 Å². The third kappa shape index (κ3) is 1.29. The highest BCUT2D eigenvalue weighted by Crippen LogP contribution is 2.03. The summed E-state index contributed by atoms with van der Waals surface area (Å²) in [6.45, 7) is 0. The molecule has 1 aromatic rings. The molecule has 0 aliphatic carbocycles. The Morgan fingerprint density at radius 2 is 1.92 bits per heavy atom. The fourth-order valence-electron chi connectivity index (χ4n) is 0.939. The highest BCUT2D eigenvalue weighted by atomic mass is 32.1. The summed E-state index contributed by atoms with van der Waals surface area (Å²) in [5, 5.41) is 0.391. The molecule has 0 saturated carbocycles. The van der Waals surface area contributed by atoms with Gasteiger partial charge in [-0.05, 0) is 24.4 Å². The maximum Gasteiger partial charge on any atom is 0.219 e. The first kappa shape index (κ1) is 7.24. The third-order valence-electron chi connectivity index (χ3n) is 1.49. The Hall–Kier alpha value is -1.42. The lowest BCUT2D eigenvalue weighted by Gasteiger charge is -1.93. The molecule has 2 heterocycles. The lowest BCUT2D eigenvalue weighted by molar-refractivity contribution is 1.32. The SMILES string of the molecule is S=C1N=CC(c2ccncc2)=N1. The van der Waals surface area contributed by atoms with Crippen LogP contribution in [0.15, 0.2) is 34.5 Å². The summed E-state index contributed by atoms with van der Waals surface area (Å²) in [7, 11) is 0. The molecule has 0 N–H and O–H groups in total. The fraction of sp³-hybridized carbons (Fsp3) is 0. The van der Waals surface area contributed by atoms with Crippen molar-refractivity contribution in [1.29, 1.82) is 0 Å². The van der Waals surface area contributed by atoms with Crippen LogP contribution in [0.3, 0.4) is 0 Å². The van der Waals surface area contributed by atoms with E-state index in [4.69, 9.17) is 12.2 Å². The quantitative estimate of drug-likeness (QED) is 0.602. The number of rotatable bonds is 1. The van der Waals surface area contributed by atoms with Crippen LogP contribution in [0.2, 0.25) is 0 Å². The molecule has 4 heteroatoms. The number of aliphatic imine (C=N–C) groups is 2. The van der Waals surface area contributed by atoms with Crippen molar-refractivity contribution in [2.75, 3.05) is 0 Å². The van der Waals surface area contributed by atoms with Gasteiger partial charge in [0.1, 0.15) is 0 Å². The van der Waals surface area contributed by atoms with Crippen LogP contribution in [-0.4, -0.2) is 22.0 Å². The molecule has 58 valence electrons. The number of pyridine rings is 1. The molecule has 0 aromatic carbocycles. The Morgan fingerprint density at radius 3 is 2.50 bits per heavy atom. The second kappa shape index (κ2) is 2.91. The van der Waals surface area contributed by atoms with E-state index in [9.17, 15) is 0 Å². The minimum absolute atomic E-state index is 0.391. The predicted molar refractivity (Wildman–Crippen MR) is 51.9 cm³/mol. The average Bonchev–Trinajstić information content (AvgIpc) is 2.54. The molecule has 1 aliphatic rings. The van der Waals surface area contributed by atoms with Crippen molar-refractivity contribution >= 4 is 29.3 Å². The molecule has 3 nitrogen and oxygen atoms in total. The van der Waals surface area contributed by atoms with Gasteiger partial charge in [0.25, 0.3) is 0 Å². The molecule has 12 heavy (non-hydrogen) atoms. The van der Waals surface area contributed by atoms with Crippen LogP contribution in [0, 0.1) is 0 Å². The van der Waals surface area contributed by atoms with Crippen molar-refractivity contribution in [3.63, 3.8) is 0 Å². The summed E-state index contributed by atoms with van der Waals surface area (Å²) >= 11 is 4.80. The molecule has 0 saturated heterocycles. The van der Waals surface area contributed by atoms with Gasteiger partial charge in [-0.3, -0.25) is 4.98 Å². The smallest absolute Gasteiger partial charge is 0.219 e. The second-order valence-electron chi connectivity index (χ2n) is 2.27. The topological polar surface area (TPSA) is 37.6 Å².